The Balaban J connectivity index is 2.48. The molecular weight excluding hydrogens is 292 g/mol. The Morgan fingerprint density at radius 3 is 2.43 bits per heavy atom. The van der Waals surface area contributed by atoms with Gasteiger partial charge < -0.3 is 15.2 Å². The summed E-state index contributed by atoms with van der Waals surface area (Å²) < 4.78 is 58.5. The van der Waals surface area contributed by atoms with Crippen molar-refractivity contribution < 1.29 is 27.4 Å². The van der Waals surface area contributed by atoms with Gasteiger partial charge in [0, 0.05) is 37.8 Å². The van der Waals surface area contributed by atoms with Crippen LogP contribution in [0.1, 0.15) is 11.6 Å². The van der Waals surface area contributed by atoms with Gasteiger partial charge in [0.1, 0.15) is 11.9 Å². The number of benzene rings is 1. The molecule has 0 spiro atoms. The molecule has 1 aliphatic rings. The molecule has 0 saturated carbocycles. The van der Waals surface area contributed by atoms with Crippen LogP contribution in [0.4, 0.5) is 17.6 Å². The molecule has 1 aliphatic heterocycles. The van der Waals surface area contributed by atoms with Crippen LogP contribution in [0, 0.1) is 5.82 Å². The average molecular weight is 308 g/mol. The van der Waals surface area contributed by atoms with E-state index in [4.69, 9.17) is 4.74 Å². The average Bonchev–Trinajstić information content (AvgIpc) is 2.42. The van der Waals surface area contributed by atoms with Crippen LogP contribution in [-0.4, -0.2) is 49.5 Å². The quantitative estimate of drug-likeness (QED) is 0.839. The van der Waals surface area contributed by atoms with E-state index in [2.05, 4.69) is 5.32 Å². The van der Waals surface area contributed by atoms with Crippen LogP contribution in [0.2, 0.25) is 0 Å². The van der Waals surface area contributed by atoms with Gasteiger partial charge in [-0.15, -0.1) is 0 Å². The first-order valence-corrected chi connectivity index (χ1v) is 6.42. The number of piperazine rings is 1. The third-order valence-electron chi connectivity index (χ3n) is 3.41. The highest BCUT2D eigenvalue weighted by Crippen LogP contribution is 2.44. The van der Waals surface area contributed by atoms with Crippen molar-refractivity contribution in [2.24, 2.45) is 0 Å². The number of nitrogens with zero attached hydrogens (tertiary/aromatic N) is 1. The van der Waals surface area contributed by atoms with E-state index in [0.717, 1.165) is 13.2 Å². The highest BCUT2D eigenvalue weighted by Gasteiger charge is 2.46. The van der Waals surface area contributed by atoms with Gasteiger partial charge in [0.25, 0.3) is 0 Å². The number of phenols is 1. The SMILES string of the molecule is COc1cc(F)cc([C@@H](N2CCNCC2)C(F)(F)F)c1O. The maximum absolute atomic E-state index is 13.5. The second-order valence-corrected chi connectivity index (χ2v) is 4.78. The maximum Gasteiger partial charge on any atom is 0.408 e. The highest BCUT2D eigenvalue weighted by molar-refractivity contribution is 5.48. The fourth-order valence-electron chi connectivity index (χ4n) is 2.48. The summed E-state index contributed by atoms with van der Waals surface area (Å²) in [4.78, 5) is 1.17. The maximum atomic E-state index is 13.5. The largest absolute Gasteiger partial charge is 0.504 e. The van der Waals surface area contributed by atoms with E-state index in [1.165, 1.54) is 4.90 Å². The fraction of sp³-hybridized carbons (Fsp3) is 0.538. The molecule has 0 bridgehead atoms. The van der Waals surface area contributed by atoms with Crippen LogP contribution in [0.25, 0.3) is 0 Å². The first-order chi connectivity index (χ1) is 9.84. The number of hydrogen-bond donors (Lipinski definition) is 2. The Hall–Kier alpha value is -1.54. The van der Waals surface area contributed by atoms with Gasteiger partial charge in [0.05, 0.1) is 7.11 Å². The van der Waals surface area contributed by atoms with Crippen LogP contribution in [0.15, 0.2) is 12.1 Å². The third kappa shape index (κ3) is 3.38. The van der Waals surface area contributed by atoms with Gasteiger partial charge in [-0.3, -0.25) is 4.90 Å². The zero-order chi connectivity index (χ0) is 15.6. The number of halogens is 4. The van der Waals surface area contributed by atoms with Crippen molar-refractivity contribution in [2.45, 2.75) is 12.2 Å². The molecule has 118 valence electrons. The molecule has 1 aromatic rings. The van der Waals surface area contributed by atoms with E-state index >= 15 is 0 Å². The lowest BCUT2D eigenvalue weighted by Crippen LogP contribution is -2.49. The van der Waals surface area contributed by atoms with Crippen molar-refractivity contribution in [2.75, 3.05) is 33.3 Å². The number of alkyl halides is 3. The summed E-state index contributed by atoms with van der Waals surface area (Å²) >= 11 is 0. The topological polar surface area (TPSA) is 44.7 Å². The Morgan fingerprint density at radius 1 is 1.29 bits per heavy atom. The molecule has 21 heavy (non-hydrogen) atoms. The van der Waals surface area contributed by atoms with Crippen molar-refractivity contribution in [3.63, 3.8) is 0 Å². The van der Waals surface area contributed by atoms with E-state index in [9.17, 15) is 22.7 Å². The zero-order valence-electron chi connectivity index (χ0n) is 11.4. The summed E-state index contributed by atoms with van der Waals surface area (Å²) in [6, 6.07) is -0.508. The summed E-state index contributed by atoms with van der Waals surface area (Å²) in [6.45, 7) is 1.12. The number of nitrogens with one attached hydrogen (secondary N) is 1. The van der Waals surface area contributed by atoms with Gasteiger partial charge in [-0.25, -0.2) is 4.39 Å². The number of phenolic OH excluding ortho intramolecular Hbond substituents is 1. The lowest BCUT2D eigenvalue weighted by atomic mass is 10.0. The van der Waals surface area contributed by atoms with Gasteiger partial charge in [0.2, 0.25) is 0 Å². The van der Waals surface area contributed by atoms with Crippen molar-refractivity contribution in [3.8, 4) is 11.5 Å². The lowest BCUT2D eigenvalue weighted by Gasteiger charge is -2.36. The van der Waals surface area contributed by atoms with Crippen molar-refractivity contribution >= 4 is 0 Å². The third-order valence-corrected chi connectivity index (χ3v) is 3.41. The van der Waals surface area contributed by atoms with E-state index in [1.807, 2.05) is 0 Å². The molecule has 0 radical (unpaired) electrons. The molecule has 1 saturated heterocycles. The number of hydrogen-bond acceptors (Lipinski definition) is 4. The molecule has 0 aliphatic carbocycles. The molecule has 8 heteroatoms. The molecular formula is C13H16F4N2O2. The molecule has 1 aromatic carbocycles. The molecule has 0 amide bonds. The van der Waals surface area contributed by atoms with Gasteiger partial charge >= 0.3 is 6.18 Å². The second-order valence-electron chi connectivity index (χ2n) is 4.78. The summed E-state index contributed by atoms with van der Waals surface area (Å²) in [6.07, 6.45) is -4.63. The number of methoxy groups -OCH3 is 1. The monoisotopic (exact) mass is 308 g/mol. The van der Waals surface area contributed by atoms with Gasteiger partial charge in [-0.2, -0.15) is 13.2 Å². The van der Waals surface area contributed by atoms with Crippen LogP contribution < -0.4 is 10.1 Å². The molecule has 0 aromatic heterocycles. The Kier molecular flexibility index (Phi) is 4.58. The summed E-state index contributed by atoms with van der Waals surface area (Å²) in [5.41, 5.74) is -0.527. The highest BCUT2D eigenvalue weighted by atomic mass is 19.4. The minimum Gasteiger partial charge on any atom is -0.504 e. The molecule has 1 heterocycles. The summed E-state index contributed by atoms with van der Waals surface area (Å²) in [7, 11) is 1.16. The Bertz CT molecular complexity index is 502. The molecule has 4 nitrogen and oxygen atoms in total. The number of rotatable bonds is 3. The normalized spacial score (nSPS) is 18.5. The Morgan fingerprint density at radius 2 is 1.90 bits per heavy atom. The predicted molar refractivity (Wildman–Crippen MR) is 67.9 cm³/mol. The smallest absolute Gasteiger partial charge is 0.408 e. The molecule has 1 fully saturated rings. The van der Waals surface area contributed by atoms with Crippen LogP contribution in [-0.2, 0) is 0 Å². The second kappa shape index (κ2) is 6.07. The molecule has 1 atom stereocenters. The van der Waals surface area contributed by atoms with Crippen LogP contribution >= 0.6 is 0 Å². The number of ether oxygens (including phenoxy) is 1. The predicted octanol–water partition coefficient (Wildman–Crippen LogP) is 2.05. The molecule has 2 N–H and O–H groups in total. The lowest BCUT2D eigenvalue weighted by molar-refractivity contribution is -0.188. The standard InChI is InChI=1S/C13H16F4N2O2/c1-21-10-7-8(14)6-9(11(10)20)12(13(15,16)17)19-4-2-18-3-5-19/h6-7,12,18,20H,2-5H2,1H3/t12-/m1/s1. The minimum atomic E-state index is -4.63. The minimum absolute atomic E-state index is 0.155. The Labute approximate surface area is 119 Å². The number of aromatic hydroxyl groups is 1. The molecule has 2 rings (SSSR count). The van der Waals surface area contributed by atoms with Crippen LogP contribution in [0.5, 0.6) is 11.5 Å². The van der Waals surface area contributed by atoms with E-state index < -0.39 is 29.3 Å². The summed E-state index contributed by atoms with van der Waals surface area (Å²) in [5, 5.41) is 12.9. The van der Waals surface area contributed by atoms with E-state index in [-0.39, 0.29) is 18.8 Å². The first kappa shape index (κ1) is 15.8. The van der Waals surface area contributed by atoms with Crippen molar-refractivity contribution in [1.82, 2.24) is 10.2 Å². The van der Waals surface area contributed by atoms with Crippen molar-refractivity contribution in [3.05, 3.63) is 23.5 Å². The van der Waals surface area contributed by atoms with Gasteiger partial charge in [-0.05, 0) is 6.07 Å². The van der Waals surface area contributed by atoms with Crippen LogP contribution in [0.3, 0.4) is 0 Å². The fourth-order valence-corrected chi connectivity index (χ4v) is 2.48. The van der Waals surface area contributed by atoms with Gasteiger partial charge in [-0.1, -0.05) is 0 Å². The summed E-state index contributed by atoms with van der Waals surface area (Å²) in [5.74, 6) is -1.88. The zero-order valence-corrected chi connectivity index (χ0v) is 11.4. The van der Waals surface area contributed by atoms with Gasteiger partial charge in [0.15, 0.2) is 11.5 Å². The van der Waals surface area contributed by atoms with E-state index in [0.29, 0.717) is 19.2 Å². The van der Waals surface area contributed by atoms with Crippen molar-refractivity contribution in [1.29, 1.82) is 0 Å². The van der Waals surface area contributed by atoms with E-state index in [1.54, 1.807) is 0 Å². The molecule has 0 unspecified atom stereocenters. The first-order valence-electron chi connectivity index (χ1n) is 6.42.